The molecule has 1 N–H and O–H groups in total. The van der Waals surface area contributed by atoms with Gasteiger partial charge in [-0.05, 0) is 49.7 Å². The van der Waals surface area contributed by atoms with Gasteiger partial charge in [0.1, 0.15) is 18.1 Å². The summed E-state index contributed by atoms with van der Waals surface area (Å²) in [6.45, 7) is 10.3. The molecule has 1 heterocycles. The number of unbranched alkanes of at least 4 members (excludes halogenated alkanes) is 1. The fourth-order valence-electron chi connectivity index (χ4n) is 4.03. The van der Waals surface area contributed by atoms with Crippen LogP contribution in [0.1, 0.15) is 49.5 Å². The quantitative estimate of drug-likeness (QED) is 0.231. The molecule has 10 heteroatoms. The monoisotopic (exact) mass is 555 g/mol. The van der Waals surface area contributed by atoms with Crippen molar-refractivity contribution < 1.29 is 22.7 Å². The Bertz CT molecular complexity index is 1400. The van der Waals surface area contributed by atoms with Crippen molar-refractivity contribution in [1.82, 2.24) is 14.3 Å². The molecule has 0 bridgehead atoms. The zero-order valence-corrected chi connectivity index (χ0v) is 23.5. The smallest absolute Gasteiger partial charge is 0.421 e. The number of aromatic nitrogens is 2. The number of amides is 1. The van der Waals surface area contributed by atoms with E-state index in [0.29, 0.717) is 29.3 Å². The van der Waals surface area contributed by atoms with Crippen LogP contribution < -0.4 is 4.72 Å². The molecule has 202 valence electrons. The second-order valence-corrected chi connectivity index (χ2v) is 10.6. The van der Waals surface area contributed by atoms with Crippen molar-refractivity contribution in [2.75, 3.05) is 13.2 Å². The number of hydrogen-bond donors (Lipinski definition) is 1. The van der Waals surface area contributed by atoms with Crippen molar-refractivity contribution in [3.05, 3.63) is 84.0 Å². The Morgan fingerprint density at radius 1 is 1.13 bits per heavy atom. The van der Waals surface area contributed by atoms with E-state index in [0.717, 1.165) is 42.0 Å². The number of hydrogen-bond acceptors (Lipinski definition) is 7. The molecule has 38 heavy (non-hydrogen) atoms. The van der Waals surface area contributed by atoms with Crippen LogP contribution in [-0.4, -0.2) is 42.3 Å². The number of rotatable bonds is 12. The normalized spacial score (nSPS) is 11.1. The van der Waals surface area contributed by atoms with E-state index in [1.807, 2.05) is 42.8 Å². The van der Waals surface area contributed by atoms with E-state index in [9.17, 15) is 13.2 Å². The molecule has 8 nitrogen and oxygen atoms in total. The van der Waals surface area contributed by atoms with Crippen LogP contribution in [0.2, 0.25) is 0 Å². The van der Waals surface area contributed by atoms with Gasteiger partial charge >= 0.3 is 6.09 Å². The minimum absolute atomic E-state index is 0.0280. The number of imidazole rings is 1. The van der Waals surface area contributed by atoms with Gasteiger partial charge in [-0.1, -0.05) is 68.5 Å². The second-order valence-electron chi connectivity index (χ2n) is 8.56. The van der Waals surface area contributed by atoms with Gasteiger partial charge in [0.15, 0.2) is 0 Å². The van der Waals surface area contributed by atoms with E-state index in [1.165, 1.54) is 12.1 Å². The van der Waals surface area contributed by atoms with E-state index >= 15 is 0 Å². The van der Waals surface area contributed by atoms with Crippen molar-refractivity contribution in [2.24, 2.45) is 0 Å². The fourth-order valence-corrected chi connectivity index (χ4v) is 5.52. The molecule has 2 aromatic carbocycles. The zero-order valence-electron chi connectivity index (χ0n) is 21.9. The minimum atomic E-state index is -4.16. The highest BCUT2D eigenvalue weighted by Crippen LogP contribution is 2.28. The largest absolute Gasteiger partial charge is 0.482 e. The van der Waals surface area contributed by atoms with E-state index in [1.54, 1.807) is 18.2 Å². The van der Waals surface area contributed by atoms with Crippen LogP contribution in [0.15, 0.2) is 66.1 Å². The number of carbonyl (C=O) groups is 1. The maximum absolute atomic E-state index is 12.9. The highest BCUT2D eigenvalue weighted by Gasteiger charge is 2.23. The number of nitrogens with zero attached hydrogens (tertiary/aromatic N) is 2. The third-order valence-electron chi connectivity index (χ3n) is 5.78. The second kappa shape index (κ2) is 13.3. The Kier molecular flexibility index (Phi) is 10.2. The molecule has 0 aliphatic rings. The Balaban J connectivity index is 1.91. The molecule has 3 aromatic rings. The lowest BCUT2D eigenvalue weighted by Crippen LogP contribution is -2.31. The van der Waals surface area contributed by atoms with Gasteiger partial charge < -0.3 is 14.0 Å². The van der Waals surface area contributed by atoms with E-state index in [-0.39, 0.29) is 11.5 Å². The summed E-state index contributed by atoms with van der Waals surface area (Å²) in [7, 11) is -4.16. The summed E-state index contributed by atoms with van der Waals surface area (Å²) < 4.78 is 40.3. The number of nitrogens with one attached hydrogen (secondary N) is 1. The summed E-state index contributed by atoms with van der Waals surface area (Å²) in [6, 6.07) is 14.1. The van der Waals surface area contributed by atoms with Crippen LogP contribution in [0.3, 0.4) is 0 Å². The zero-order chi connectivity index (χ0) is 27.7. The Labute approximate surface area is 229 Å². The lowest BCUT2D eigenvalue weighted by molar-refractivity contribution is 0.165. The van der Waals surface area contributed by atoms with Gasteiger partial charge in [-0.25, -0.2) is 22.9 Å². The van der Waals surface area contributed by atoms with Crippen molar-refractivity contribution in [1.29, 1.82) is 0 Å². The summed E-state index contributed by atoms with van der Waals surface area (Å²) >= 11 is 5.54. The first kappa shape index (κ1) is 29.1. The molecule has 0 atom stereocenters. The third-order valence-corrected chi connectivity index (χ3v) is 7.46. The van der Waals surface area contributed by atoms with Gasteiger partial charge in [-0.2, -0.15) is 0 Å². The number of aryl methyl sites for hydroxylation is 2. The summed E-state index contributed by atoms with van der Waals surface area (Å²) in [5, 5.41) is 0.426. The summed E-state index contributed by atoms with van der Waals surface area (Å²) in [5.74, 6) is 0.955. The third kappa shape index (κ3) is 7.08. The number of carbonyl (C=O) groups excluding carboxylic acids is 1. The molecule has 0 aliphatic heterocycles. The Hall–Kier alpha value is -3.50. The molecular weight excluding hydrogens is 522 g/mol. The maximum Gasteiger partial charge on any atom is 0.421 e. The van der Waals surface area contributed by atoms with Gasteiger partial charge in [0.25, 0.3) is 10.0 Å². The standard InChI is InChI=1S/C28H33N3O5S2/c1-5-8-13-25-29-20(4)26(27(37)35-7-3)31(25)19-21-14-16-22(17-15-21)23-11-9-10-12-24(23)38(33,34)30-28(32)36-18-6-2/h6,9-12,14-17H,2,5,7-8,13,18-19H2,1,3-4H3,(H,30,32). The average molecular weight is 556 g/mol. The molecule has 1 aromatic heterocycles. The Morgan fingerprint density at radius 3 is 2.50 bits per heavy atom. The molecule has 0 unspecified atom stereocenters. The van der Waals surface area contributed by atoms with Crippen LogP contribution in [0, 0.1) is 6.92 Å². The number of sulfonamides is 1. The first-order chi connectivity index (χ1) is 18.2. The van der Waals surface area contributed by atoms with E-state index in [2.05, 4.69) is 18.1 Å². The van der Waals surface area contributed by atoms with Gasteiger partial charge in [0.05, 0.1) is 17.2 Å². The lowest BCUT2D eigenvalue weighted by Gasteiger charge is -2.15. The van der Waals surface area contributed by atoms with Crippen LogP contribution >= 0.6 is 12.2 Å². The summed E-state index contributed by atoms with van der Waals surface area (Å²) in [5.41, 5.74) is 3.79. The molecular formula is C28H33N3O5S2. The van der Waals surface area contributed by atoms with Crippen molar-refractivity contribution >= 4 is 33.4 Å². The molecule has 0 aliphatic carbocycles. The molecule has 0 saturated carbocycles. The number of ether oxygens (including phenoxy) is 2. The Morgan fingerprint density at radius 2 is 1.84 bits per heavy atom. The first-order valence-corrected chi connectivity index (χ1v) is 14.3. The van der Waals surface area contributed by atoms with Crippen molar-refractivity contribution in [3.63, 3.8) is 0 Å². The minimum Gasteiger partial charge on any atom is -0.482 e. The predicted octanol–water partition coefficient (Wildman–Crippen LogP) is 5.56. The highest BCUT2D eigenvalue weighted by atomic mass is 32.2. The SMILES string of the molecule is C=CCOC(=O)NS(=O)(=O)c1ccccc1-c1ccc(Cn2c(CCCC)nc(C)c2C(=S)OCC)cc1. The van der Waals surface area contributed by atoms with Crippen LogP contribution in [-0.2, 0) is 32.5 Å². The van der Waals surface area contributed by atoms with Gasteiger partial charge in [-0.3, -0.25) is 0 Å². The average Bonchev–Trinajstić information content (AvgIpc) is 3.20. The van der Waals surface area contributed by atoms with Crippen molar-refractivity contribution in [3.8, 4) is 11.1 Å². The van der Waals surface area contributed by atoms with Gasteiger partial charge in [-0.15, -0.1) is 0 Å². The predicted molar refractivity (Wildman–Crippen MR) is 152 cm³/mol. The van der Waals surface area contributed by atoms with Gasteiger partial charge in [0, 0.05) is 18.5 Å². The topological polar surface area (TPSA) is 99.5 Å². The summed E-state index contributed by atoms with van der Waals surface area (Å²) in [6.07, 6.45) is 3.18. The van der Waals surface area contributed by atoms with E-state index < -0.39 is 16.1 Å². The fraction of sp³-hybridized carbons (Fsp3) is 0.321. The summed E-state index contributed by atoms with van der Waals surface area (Å²) in [4.78, 5) is 16.6. The molecule has 0 fully saturated rings. The first-order valence-electron chi connectivity index (χ1n) is 12.4. The maximum atomic E-state index is 12.9. The lowest BCUT2D eigenvalue weighted by atomic mass is 10.0. The van der Waals surface area contributed by atoms with Crippen molar-refractivity contribution in [2.45, 2.75) is 51.5 Å². The number of thiocarbonyl (C=S) groups is 1. The van der Waals surface area contributed by atoms with Crippen LogP contribution in [0.25, 0.3) is 11.1 Å². The molecule has 0 spiro atoms. The van der Waals surface area contributed by atoms with Crippen LogP contribution in [0.5, 0.6) is 0 Å². The van der Waals surface area contributed by atoms with Crippen LogP contribution in [0.4, 0.5) is 4.79 Å². The highest BCUT2D eigenvalue weighted by molar-refractivity contribution is 7.90. The molecule has 3 rings (SSSR count). The number of benzene rings is 2. The molecule has 0 saturated heterocycles. The molecule has 0 radical (unpaired) electrons. The van der Waals surface area contributed by atoms with E-state index in [4.69, 9.17) is 26.7 Å². The molecule has 1 amide bonds. The van der Waals surface area contributed by atoms with Gasteiger partial charge in [0.2, 0.25) is 5.05 Å².